The van der Waals surface area contributed by atoms with Crippen LogP contribution in [-0.2, 0) is 0 Å². The summed E-state index contributed by atoms with van der Waals surface area (Å²) in [6, 6.07) is 4.89. The van der Waals surface area contributed by atoms with Crippen LogP contribution in [-0.4, -0.2) is 38.7 Å². The van der Waals surface area contributed by atoms with Crippen LogP contribution in [0.2, 0.25) is 0 Å². The number of carbonyl (C=O) groups is 1. The number of rotatable bonds is 4. The lowest BCUT2D eigenvalue weighted by Crippen LogP contribution is -2.56. The van der Waals surface area contributed by atoms with Crippen LogP contribution < -0.4 is 0 Å². The number of hydrazone groups is 1. The summed E-state index contributed by atoms with van der Waals surface area (Å²) in [5.41, 5.74) is -3.42. The maximum atomic E-state index is 13.3. The number of phenols is 1. The Hall–Kier alpha value is -2.09. The molecule has 2 rings (SSSR count). The molecule has 1 aliphatic rings. The lowest BCUT2D eigenvalue weighted by molar-refractivity contribution is -0.297. The van der Waals surface area contributed by atoms with Gasteiger partial charge in [-0.1, -0.05) is 19.4 Å². The van der Waals surface area contributed by atoms with Crippen LogP contribution in [0, 0.1) is 0 Å². The zero-order valence-electron chi connectivity index (χ0n) is 12.5. The normalized spacial score (nSPS) is 21.4. The number of nitrogens with zero attached hydrogens (tertiary/aromatic N) is 2. The molecule has 0 saturated heterocycles. The van der Waals surface area contributed by atoms with E-state index in [0.717, 1.165) is 12.5 Å². The van der Waals surface area contributed by atoms with Crippen molar-refractivity contribution in [2.24, 2.45) is 5.10 Å². The van der Waals surface area contributed by atoms with Crippen LogP contribution in [0.15, 0.2) is 29.4 Å². The van der Waals surface area contributed by atoms with Crippen LogP contribution in [0.1, 0.15) is 43.0 Å². The molecule has 0 aromatic heterocycles. The largest absolute Gasteiger partial charge is 0.508 e. The minimum absolute atomic E-state index is 0.0762. The SMILES string of the molecule is CCCCC1=NN(C(=O)c2cccc(O)c2)[C@@](O)(C(F)(F)F)C1. The van der Waals surface area contributed by atoms with Gasteiger partial charge >= 0.3 is 6.18 Å². The van der Waals surface area contributed by atoms with Crippen molar-refractivity contribution in [1.29, 1.82) is 0 Å². The van der Waals surface area contributed by atoms with Crippen molar-refractivity contribution < 1.29 is 28.2 Å². The molecule has 1 atom stereocenters. The van der Waals surface area contributed by atoms with E-state index >= 15 is 0 Å². The average Bonchev–Trinajstić information content (AvgIpc) is 2.82. The first-order chi connectivity index (χ1) is 10.7. The summed E-state index contributed by atoms with van der Waals surface area (Å²) in [6.45, 7) is 1.88. The molecule has 0 fully saturated rings. The fourth-order valence-corrected chi connectivity index (χ4v) is 2.33. The van der Waals surface area contributed by atoms with Gasteiger partial charge in [-0.3, -0.25) is 4.79 Å². The van der Waals surface area contributed by atoms with Crippen molar-refractivity contribution >= 4 is 11.6 Å². The van der Waals surface area contributed by atoms with E-state index in [1.54, 1.807) is 0 Å². The second-order valence-corrected chi connectivity index (χ2v) is 5.43. The van der Waals surface area contributed by atoms with Gasteiger partial charge in [0.15, 0.2) is 0 Å². The van der Waals surface area contributed by atoms with Gasteiger partial charge in [0.25, 0.3) is 11.6 Å². The number of carbonyl (C=O) groups excluding carboxylic acids is 1. The monoisotopic (exact) mass is 330 g/mol. The van der Waals surface area contributed by atoms with Gasteiger partial charge in [0.2, 0.25) is 0 Å². The average molecular weight is 330 g/mol. The lowest BCUT2D eigenvalue weighted by Gasteiger charge is -2.32. The highest BCUT2D eigenvalue weighted by molar-refractivity contribution is 5.98. The highest BCUT2D eigenvalue weighted by Crippen LogP contribution is 2.41. The van der Waals surface area contributed by atoms with Crippen LogP contribution in [0.25, 0.3) is 0 Å². The van der Waals surface area contributed by atoms with Gasteiger partial charge < -0.3 is 10.2 Å². The second-order valence-electron chi connectivity index (χ2n) is 5.43. The number of hydrogen-bond donors (Lipinski definition) is 2. The molecule has 1 heterocycles. The first kappa shape index (κ1) is 17.3. The maximum Gasteiger partial charge on any atom is 0.438 e. The van der Waals surface area contributed by atoms with Crippen molar-refractivity contribution in [2.45, 2.75) is 44.5 Å². The molecule has 126 valence electrons. The summed E-state index contributed by atoms with van der Waals surface area (Å²) < 4.78 is 39.8. The number of aromatic hydroxyl groups is 1. The fourth-order valence-electron chi connectivity index (χ4n) is 2.33. The molecular weight excluding hydrogens is 313 g/mol. The molecule has 0 unspecified atom stereocenters. The highest BCUT2D eigenvalue weighted by atomic mass is 19.4. The van der Waals surface area contributed by atoms with Crippen molar-refractivity contribution in [3.8, 4) is 5.75 Å². The van der Waals surface area contributed by atoms with Gasteiger partial charge in [-0.15, -0.1) is 0 Å². The fraction of sp³-hybridized carbons (Fsp3) is 0.467. The van der Waals surface area contributed by atoms with Gasteiger partial charge in [-0.05, 0) is 31.0 Å². The number of alkyl halides is 3. The van der Waals surface area contributed by atoms with Crippen molar-refractivity contribution in [1.82, 2.24) is 5.01 Å². The number of phenolic OH excluding ortho intramolecular Hbond substituents is 1. The van der Waals surface area contributed by atoms with Gasteiger partial charge in [-0.25, -0.2) is 0 Å². The van der Waals surface area contributed by atoms with E-state index in [1.165, 1.54) is 18.2 Å². The van der Waals surface area contributed by atoms with E-state index in [-0.39, 0.29) is 28.5 Å². The summed E-state index contributed by atoms with van der Waals surface area (Å²) in [6.07, 6.45) is -4.17. The van der Waals surface area contributed by atoms with Gasteiger partial charge in [0, 0.05) is 17.7 Å². The van der Waals surface area contributed by atoms with Gasteiger partial charge in [0.05, 0.1) is 0 Å². The molecule has 2 N–H and O–H groups in total. The minimum Gasteiger partial charge on any atom is -0.508 e. The molecule has 0 radical (unpaired) electrons. The molecule has 0 spiro atoms. The Kier molecular flexibility index (Phi) is 4.65. The molecular formula is C15H17F3N2O3. The summed E-state index contributed by atoms with van der Waals surface area (Å²) >= 11 is 0. The molecule has 8 heteroatoms. The Morgan fingerprint density at radius 3 is 2.70 bits per heavy atom. The molecule has 1 aromatic carbocycles. The highest BCUT2D eigenvalue weighted by Gasteiger charge is 2.63. The first-order valence-electron chi connectivity index (χ1n) is 7.18. The van der Waals surface area contributed by atoms with E-state index in [1.807, 2.05) is 6.92 Å². The van der Waals surface area contributed by atoms with E-state index in [9.17, 15) is 28.2 Å². The summed E-state index contributed by atoms with van der Waals surface area (Å²) in [5.74, 6) is -1.38. The first-order valence-corrected chi connectivity index (χ1v) is 7.18. The summed E-state index contributed by atoms with van der Waals surface area (Å²) in [5, 5.41) is 23.2. The number of aliphatic hydroxyl groups is 1. The van der Waals surface area contributed by atoms with Crippen LogP contribution in [0.4, 0.5) is 13.2 Å². The summed E-state index contributed by atoms with van der Waals surface area (Å²) in [7, 11) is 0. The van der Waals surface area contributed by atoms with Gasteiger partial charge in [0.1, 0.15) is 5.75 Å². The topological polar surface area (TPSA) is 73.1 Å². The molecule has 5 nitrogen and oxygen atoms in total. The molecule has 1 aliphatic heterocycles. The molecule has 1 amide bonds. The third-order valence-electron chi connectivity index (χ3n) is 3.60. The van der Waals surface area contributed by atoms with Crippen LogP contribution in [0.5, 0.6) is 5.75 Å². The predicted octanol–water partition coefficient (Wildman–Crippen LogP) is 3.04. The standard InChI is InChI=1S/C15H17F3N2O3/c1-2-3-6-11-9-14(23,15(16,17)18)20(19-11)13(22)10-5-4-7-12(21)8-10/h4-5,7-8,21,23H,2-3,6,9H2,1H3/t14-/m0/s1. The number of amides is 1. The van der Waals surface area contributed by atoms with E-state index < -0.39 is 24.2 Å². The Morgan fingerprint density at radius 2 is 2.13 bits per heavy atom. The summed E-state index contributed by atoms with van der Waals surface area (Å²) in [4.78, 5) is 12.3. The molecule has 1 aromatic rings. The smallest absolute Gasteiger partial charge is 0.438 e. The van der Waals surface area contributed by atoms with Crippen LogP contribution >= 0.6 is 0 Å². The Balaban J connectivity index is 2.37. The van der Waals surface area contributed by atoms with Crippen molar-refractivity contribution in [3.05, 3.63) is 29.8 Å². The zero-order valence-corrected chi connectivity index (χ0v) is 12.5. The minimum atomic E-state index is -5.04. The third-order valence-corrected chi connectivity index (χ3v) is 3.60. The Bertz CT molecular complexity index is 631. The molecule has 23 heavy (non-hydrogen) atoms. The second kappa shape index (κ2) is 6.19. The zero-order chi connectivity index (χ0) is 17.3. The Morgan fingerprint density at radius 1 is 1.43 bits per heavy atom. The van der Waals surface area contributed by atoms with E-state index in [2.05, 4.69) is 5.10 Å². The molecule has 0 aliphatic carbocycles. The van der Waals surface area contributed by atoms with E-state index in [0.29, 0.717) is 6.42 Å². The number of halogens is 3. The number of hydrogen-bond acceptors (Lipinski definition) is 4. The van der Waals surface area contributed by atoms with E-state index in [4.69, 9.17) is 0 Å². The Labute approximate surface area is 131 Å². The van der Waals surface area contributed by atoms with Crippen LogP contribution in [0.3, 0.4) is 0 Å². The van der Waals surface area contributed by atoms with Crippen molar-refractivity contribution in [3.63, 3.8) is 0 Å². The quantitative estimate of drug-likeness (QED) is 0.891. The third kappa shape index (κ3) is 3.31. The lowest BCUT2D eigenvalue weighted by atomic mass is 10.0. The number of unbranched alkanes of at least 4 members (excludes halogenated alkanes) is 1. The molecule has 0 saturated carbocycles. The maximum absolute atomic E-state index is 13.3. The molecule has 0 bridgehead atoms. The van der Waals surface area contributed by atoms with Crippen molar-refractivity contribution in [2.75, 3.05) is 0 Å². The van der Waals surface area contributed by atoms with Gasteiger partial charge in [-0.2, -0.15) is 23.3 Å². The number of benzene rings is 1. The predicted molar refractivity (Wildman–Crippen MR) is 76.9 cm³/mol.